The van der Waals surface area contributed by atoms with Gasteiger partial charge in [0, 0.05) is 6.04 Å². The Balaban J connectivity index is 2.01. The first kappa shape index (κ1) is 16.2. The van der Waals surface area contributed by atoms with E-state index >= 15 is 0 Å². The molecule has 3 amide bonds. The van der Waals surface area contributed by atoms with Crippen molar-refractivity contribution >= 4 is 35.0 Å². The van der Waals surface area contributed by atoms with Gasteiger partial charge in [0.1, 0.15) is 0 Å². The molecule has 1 N–H and O–H groups in total. The average Bonchev–Trinajstić information content (AvgIpc) is 2.79. The standard InChI is InChI=1S/C18H15ClN2O3/c1-10(2)20-16(22)14-9-11(7-8-15(14)19)21-17(23)12-5-3-4-6-13(12)18(21)24/h3-10H,1-2H3,(H,20,22). The number of fused-ring (bicyclic) bond motifs is 1. The Kier molecular flexibility index (Phi) is 4.11. The largest absolute Gasteiger partial charge is 0.350 e. The second-order valence-electron chi connectivity index (χ2n) is 5.78. The van der Waals surface area contributed by atoms with Gasteiger partial charge in [-0.15, -0.1) is 0 Å². The number of amides is 3. The van der Waals surface area contributed by atoms with Crippen molar-refractivity contribution in [1.29, 1.82) is 0 Å². The topological polar surface area (TPSA) is 66.5 Å². The zero-order valence-corrected chi connectivity index (χ0v) is 13.9. The van der Waals surface area contributed by atoms with Crippen molar-refractivity contribution in [2.24, 2.45) is 0 Å². The van der Waals surface area contributed by atoms with E-state index in [1.54, 1.807) is 30.3 Å². The number of halogens is 1. The Morgan fingerprint density at radius 2 is 1.62 bits per heavy atom. The highest BCUT2D eigenvalue weighted by atomic mass is 35.5. The lowest BCUT2D eigenvalue weighted by atomic mass is 10.1. The molecule has 1 aliphatic heterocycles. The van der Waals surface area contributed by atoms with Crippen LogP contribution in [0.5, 0.6) is 0 Å². The lowest BCUT2D eigenvalue weighted by molar-refractivity contribution is 0.0917. The van der Waals surface area contributed by atoms with Gasteiger partial charge in [0.2, 0.25) is 0 Å². The molecule has 0 unspecified atom stereocenters. The molecule has 0 fully saturated rings. The quantitative estimate of drug-likeness (QED) is 0.870. The first-order valence-electron chi connectivity index (χ1n) is 7.48. The van der Waals surface area contributed by atoms with E-state index < -0.39 is 11.8 Å². The van der Waals surface area contributed by atoms with Gasteiger partial charge >= 0.3 is 0 Å². The summed E-state index contributed by atoms with van der Waals surface area (Å²) in [6, 6.07) is 11.1. The Bertz CT molecular complexity index is 826. The van der Waals surface area contributed by atoms with E-state index in [4.69, 9.17) is 11.6 Å². The zero-order valence-electron chi connectivity index (χ0n) is 13.2. The molecule has 0 aromatic heterocycles. The summed E-state index contributed by atoms with van der Waals surface area (Å²) in [7, 11) is 0. The maximum absolute atomic E-state index is 12.5. The predicted molar refractivity (Wildman–Crippen MR) is 91.6 cm³/mol. The van der Waals surface area contributed by atoms with Gasteiger partial charge in [0.15, 0.2) is 0 Å². The number of carbonyl (C=O) groups excluding carboxylic acids is 3. The maximum atomic E-state index is 12.5. The molecular weight excluding hydrogens is 328 g/mol. The highest BCUT2D eigenvalue weighted by Crippen LogP contribution is 2.30. The van der Waals surface area contributed by atoms with Crippen molar-refractivity contribution in [2.75, 3.05) is 4.90 Å². The minimum absolute atomic E-state index is 0.0588. The molecule has 0 saturated heterocycles. The fourth-order valence-corrected chi connectivity index (χ4v) is 2.79. The van der Waals surface area contributed by atoms with E-state index in [-0.39, 0.29) is 22.5 Å². The first-order chi connectivity index (χ1) is 11.4. The van der Waals surface area contributed by atoms with Gasteiger partial charge in [-0.1, -0.05) is 23.7 Å². The van der Waals surface area contributed by atoms with Crippen LogP contribution in [0.2, 0.25) is 5.02 Å². The molecule has 2 aromatic carbocycles. The Hall–Kier alpha value is -2.66. The lowest BCUT2D eigenvalue weighted by Crippen LogP contribution is -2.32. The van der Waals surface area contributed by atoms with Crippen molar-refractivity contribution in [2.45, 2.75) is 19.9 Å². The van der Waals surface area contributed by atoms with Crippen molar-refractivity contribution in [3.05, 3.63) is 64.2 Å². The molecule has 2 aromatic rings. The minimum atomic E-state index is -0.409. The van der Waals surface area contributed by atoms with Crippen molar-refractivity contribution in [1.82, 2.24) is 5.32 Å². The third-order valence-electron chi connectivity index (χ3n) is 3.67. The second-order valence-corrected chi connectivity index (χ2v) is 6.19. The van der Waals surface area contributed by atoms with Gasteiger partial charge in [0.05, 0.1) is 27.4 Å². The third kappa shape index (κ3) is 2.67. The van der Waals surface area contributed by atoms with Crippen LogP contribution in [0.15, 0.2) is 42.5 Å². The van der Waals surface area contributed by atoms with Gasteiger partial charge in [0.25, 0.3) is 17.7 Å². The summed E-state index contributed by atoms with van der Waals surface area (Å²) >= 11 is 6.09. The summed E-state index contributed by atoms with van der Waals surface area (Å²) in [5.41, 5.74) is 1.25. The van der Waals surface area contributed by atoms with E-state index in [0.29, 0.717) is 16.8 Å². The molecule has 122 valence electrons. The minimum Gasteiger partial charge on any atom is -0.350 e. The average molecular weight is 343 g/mol. The number of imide groups is 1. The van der Waals surface area contributed by atoms with Gasteiger partial charge < -0.3 is 5.32 Å². The first-order valence-corrected chi connectivity index (χ1v) is 7.86. The summed E-state index contributed by atoms with van der Waals surface area (Å²) in [5, 5.41) is 3.00. The molecule has 0 atom stereocenters. The van der Waals surface area contributed by atoms with Gasteiger partial charge in [-0.25, -0.2) is 4.90 Å². The summed E-state index contributed by atoms with van der Waals surface area (Å²) in [5.74, 6) is -1.17. The molecular formula is C18H15ClN2O3. The summed E-state index contributed by atoms with van der Waals surface area (Å²) in [6.45, 7) is 3.67. The monoisotopic (exact) mass is 342 g/mol. The van der Waals surface area contributed by atoms with Crippen LogP contribution >= 0.6 is 11.6 Å². The molecule has 3 rings (SSSR count). The lowest BCUT2D eigenvalue weighted by Gasteiger charge is -2.16. The van der Waals surface area contributed by atoms with E-state index in [1.165, 1.54) is 12.1 Å². The van der Waals surface area contributed by atoms with Crippen molar-refractivity contribution < 1.29 is 14.4 Å². The highest BCUT2D eigenvalue weighted by Gasteiger charge is 2.36. The van der Waals surface area contributed by atoms with Crippen molar-refractivity contribution in [3.63, 3.8) is 0 Å². The smallest absolute Gasteiger partial charge is 0.266 e. The Morgan fingerprint density at radius 3 is 2.17 bits per heavy atom. The number of benzene rings is 2. The normalized spacial score (nSPS) is 13.4. The second kappa shape index (κ2) is 6.09. The number of hydrogen-bond donors (Lipinski definition) is 1. The van der Waals surface area contributed by atoms with E-state index in [0.717, 1.165) is 4.90 Å². The SMILES string of the molecule is CC(C)NC(=O)c1cc(N2C(=O)c3ccccc3C2=O)ccc1Cl. The number of carbonyl (C=O) groups is 3. The van der Waals surface area contributed by atoms with Crippen LogP contribution in [0.1, 0.15) is 44.9 Å². The third-order valence-corrected chi connectivity index (χ3v) is 4.00. The van der Waals surface area contributed by atoms with Crippen molar-refractivity contribution in [3.8, 4) is 0 Å². The van der Waals surface area contributed by atoms with E-state index in [2.05, 4.69) is 5.32 Å². The fourth-order valence-electron chi connectivity index (χ4n) is 2.59. The number of hydrogen-bond acceptors (Lipinski definition) is 3. The molecule has 0 radical (unpaired) electrons. The van der Waals surface area contributed by atoms with Crippen LogP contribution in [-0.4, -0.2) is 23.8 Å². The predicted octanol–water partition coefficient (Wildman–Crippen LogP) is 3.28. The molecule has 6 heteroatoms. The number of nitrogens with one attached hydrogen (secondary N) is 1. The molecule has 0 aliphatic carbocycles. The van der Waals surface area contributed by atoms with Gasteiger partial charge in [-0.3, -0.25) is 14.4 Å². The van der Waals surface area contributed by atoms with E-state index in [9.17, 15) is 14.4 Å². The summed E-state index contributed by atoms with van der Waals surface area (Å²) in [6.07, 6.45) is 0. The fraction of sp³-hybridized carbons (Fsp3) is 0.167. The molecule has 24 heavy (non-hydrogen) atoms. The van der Waals surface area contributed by atoms with Gasteiger partial charge in [-0.05, 0) is 44.2 Å². The van der Waals surface area contributed by atoms with Crippen LogP contribution in [0, 0.1) is 0 Å². The maximum Gasteiger partial charge on any atom is 0.266 e. The number of rotatable bonds is 3. The Labute approximate surface area is 144 Å². The Morgan fingerprint density at radius 1 is 1.04 bits per heavy atom. The summed E-state index contributed by atoms with van der Waals surface area (Å²) in [4.78, 5) is 38.3. The molecule has 0 spiro atoms. The van der Waals surface area contributed by atoms with E-state index in [1.807, 2.05) is 13.8 Å². The van der Waals surface area contributed by atoms with Crippen LogP contribution in [-0.2, 0) is 0 Å². The van der Waals surface area contributed by atoms with Crippen LogP contribution < -0.4 is 10.2 Å². The molecule has 1 aliphatic rings. The highest BCUT2D eigenvalue weighted by molar-refractivity contribution is 6.36. The van der Waals surface area contributed by atoms with Crippen LogP contribution in [0.3, 0.4) is 0 Å². The number of nitrogens with zero attached hydrogens (tertiary/aromatic N) is 1. The molecule has 1 heterocycles. The zero-order chi connectivity index (χ0) is 17.4. The number of anilines is 1. The van der Waals surface area contributed by atoms with Crippen LogP contribution in [0.4, 0.5) is 5.69 Å². The van der Waals surface area contributed by atoms with Crippen LogP contribution in [0.25, 0.3) is 0 Å². The summed E-state index contributed by atoms with van der Waals surface area (Å²) < 4.78 is 0. The molecule has 5 nitrogen and oxygen atoms in total. The molecule has 0 saturated carbocycles. The van der Waals surface area contributed by atoms with Gasteiger partial charge in [-0.2, -0.15) is 0 Å². The molecule has 0 bridgehead atoms.